The molecular formula is C17H26O7. The van der Waals surface area contributed by atoms with Gasteiger partial charge in [-0.1, -0.05) is 13.8 Å². The van der Waals surface area contributed by atoms with Crippen LogP contribution in [0.1, 0.15) is 30.9 Å². The second kappa shape index (κ2) is 7.67. The SMILES string of the molecule is COc1cc(C(C)C)cc(O[C@@H]2O[C@H](CO)[C@@H](O)[C@H](O)[C@H]2O)c1C. The Hall–Kier alpha value is -1.38. The highest BCUT2D eigenvalue weighted by atomic mass is 16.7. The topological polar surface area (TPSA) is 109 Å². The molecule has 0 radical (unpaired) electrons. The summed E-state index contributed by atoms with van der Waals surface area (Å²) in [6.45, 7) is 5.37. The first-order chi connectivity index (χ1) is 11.3. The fraction of sp³-hybridized carbons (Fsp3) is 0.647. The molecule has 1 heterocycles. The molecule has 136 valence electrons. The van der Waals surface area contributed by atoms with Gasteiger partial charge in [-0.05, 0) is 30.5 Å². The van der Waals surface area contributed by atoms with Crippen LogP contribution in [0.3, 0.4) is 0 Å². The number of hydrogen-bond acceptors (Lipinski definition) is 7. The second-order valence-corrected chi connectivity index (χ2v) is 6.32. The first-order valence-electron chi connectivity index (χ1n) is 7.95. The van der Waals surface area contributed by atoms with Crippen molar-refractivity contribution in [1.29, 1.82) is 0 Å². The van der Waals surface area contributed by atoms with E-state index >= 15 is 0 Å². The number of aliphatic hydroxyl groups is 4. The maximum Gasteiger partial charge on any atom is 0.229 e. The normalized spacial score (nSPS) is 30.5. The van der Waals surface area contributed by atoms with E-state index in [9.17, 15) is 20.4 Å². The van der Waals surface area contributed by atoms with Gasteiger partial charge in [0.1, 0.15) is 35.9 Å². The van der Waals surface area contributed by atoms with Crippen molar-refractivity contribution in [3.8, 4) is 11.5 Å². The van der Waals surface area contributed by atoms with E-state index in [1.54, 1.807) is 7.11 Å². The zero-order valence-electron chi connectivity index (χ0n) is 14.3. The van der Waals surface area contributed by atoms with Crippen molar-refractivity contribution in [2.24, 2.45) is 0 Å². The van der Waals surface area contributed by atoms with Gasteiger partial charge in [-0.3, -0.25) is 0 Å². The largest absolute Gasteiger partial charge is 0.496 e. The minimum Gasteiger partial charge on any atom is -0.496 e. The van der Waals surface area contributed by atoms with Crippen LogP contribution in [0.5, 0.6) is 11.5 Å². The van der Waals surface area contributed by atoms with Gasteiger partial charge < -0.3 is 34.6 Å². The average Bonchev–Trinajstić information content (AvgIpc) is 2.56. The number of aliphatic hydroxyl groups excluding tert-OH is 4. The number of ether oxygens (including phenoxy) is 3. The van der Waals surface area contributed by atoms with E-state index in [0.717, 1.165) is 11.1 Å². The highest BCUT2D eigenvalue weighted by molar-refractivity contribution is 5.48. The van der Waals surface area contributed by atoms with E-state index in [1.807, 2.05) is 32.9 Å². The molecule has 0 amide bonds. The Morgan fingerprint density at radius 2 is 1.71 bits per heavy atom. The third kappa shape index (κ3) is 3.65. The van der Waals surface area contributed by atoms with Gasteiger partial charge in [-0.15, -0.1) is 0 Å². The predicted octanol–water partition coefficient (Wildman–Crippen LogP) is 0.306. The molecule has 0 aromatic heterocycles. The fourth-order valence-electron chi connectivity index (χ4n) is 2.64. The molecule has 0 bridgehead atoms. The Morgan fingerprint density at radius 1 is 1.08 bits per heavy atom. The van der Waals surface area contributed by atoms with Crippen molar-refractivity contribution < 1.29 is 34.6 Å². The van der Waals surface area contributed by atoms with Crippen molar-refractivity contribution in [2.45, 2.75) is 57.4 Å². The average molecular weight is 342 g/mol. The maximum atomic E-state index is 10.1. The highest BCUT2D eigenvalue weighted by Gasteiger charge is 2.44. The van der Waals surface area contributed by atoms with Crippen molar-refractivity contribution in [1.82, 2.24) is 0 Å². The van der Waals surface area contributed by atoms with E-state index in [4.69, 9.17) is 14.2 Å². The van der Waals surface area contributed by atoms with Gasteiger partial charge in [0.05, 0.1) is 13.7 Å². The van der Waals surface area contributed by atoms with Gasteiger partial charge in [0.15, 0.2) is 0 Å². The van der Waals surface area contributed by atoms with Crippen molar-refractivity contribution >= 4 is 0 Å². The lowest BCUT2D eigenvalue weighted by Gasteiger charge is -2.39. The van der Waals surface area contributed by atoms with E-state index < -0.39 is 37.3 Å². The molecule has 1 fully saturated rings. The van der Waals surface area contributed by atoms with Crippen LogP contribution in [0.25, 0.3) is 0 Å². The van der Waals surface area contributed by atoms with E-state index in [2.05, 4.69) is 0 Å². The predicted molar refractivity (Wildman–Crippen MR) is 86.2 cm³/mol. The van der Waals surface area contributed by atoms with Crippen LogP contribution >= 0.6 is 0 Å². The summed E-state index contributed by atoms with van der Waals surface area (Å²) in [5.74, 6) is 1.32. The third-order valence-corrected chi connectivity index (χ3v) is 4.31. The van der Waals surface area contributed by atoms with Crippen molar-refractivity contribution in [3.05, 3.63) is 23.3 Å². The van der Waals surface area contributed by atoms with Gasteiger partial charge in [0, 0.05) is 5.56 Å². The molecule has 1 aromatic rings. The first kappa shape index (κ1) is 19.0. The Labute approximate surface area is 141 Å². The van der Waals surface area contributed by atoms with Crippen LogP contribution in [0.2, 0.25) is 0 Å². The molecule has 0 unspecified atom stereocenters. The summed E-state index contributed by atoms with van der Waals surface area (Å²) in [4.78, 5) is 0. The van der Waals surface area contributed by atoms with Gasteiger partial charge >= 0.3 is 0 Å². The van der Waals surface area contributed by atoms with Crippen LogP contribution in [-0.4, -0.2) is 64.8 Å². The Balaban J connectivity index is 2.30. The molecule has 1 aliphatic rings. The minimum atomic E-state index is -1.48. The number of hydrogen-bond donors (Lipinski definition) is 4. The van der Waals surface area contributed by atoms with Crippen LogP contribution < -0.4 is 9.47 Å². The van der Waals surface area contributed by atoms with Gasteiger partial charge in [0.2, 0.25) is 6.29 Å². The van der Waals surface area contributed by atoms with Gasteiger partial charge in [-0.25, -0.2) is 0 Å². The standard InChI is InChI=1S/C17H26O7/c1-8(2)10-5-11(22-4)9(3)12(6-10)23-17-16(21)15(20)14(19)13(7-18)24-17/h5-6,8,13-21H,7H2,1-4H3/t13-,14-,15+,16-,17-/m1/s1. The van der Waals surface area contributed by atoms with E-state index in [0.29, 0.717) is 11.5 Å². The lowest BCUT2D eigenvalue weighted by molar-refractivity contribution is -0.277. The molecule has 0 spiro atoms. The minimum absolute atomic E-state index is 0.233. The molecule has 4 N–H and O–H groups in total. The molecule has 5 atom stereocenters. The van der Waals surface area contributed by atoms with E-state index in [-0.39, 0.29) is 5.92 Å². The third-order valence-electron chi connectivity index (χ3n) is 4.31. The van der Waals surface area contributed by atoms with Gasteiger partial charge in [-0.2, -0.15) is 0 Å². The monoisotopic (exact) mass is 342 g/mol. The van der Waals surface area contributed by atoms with Crippen LogP contribution in [0.15, 0.2) is 12.1 Å². The van der Waals surface area contributed by atoms with Crippen molar-refractivity contribution in [3.63, 3.8) is 0 Å². The summed E-state index contributed by atoms with van der Waals surface area (Å²) in [5, 5.41) is 39.0. The zero-order valence-corrected chi connectivity index (χ0v) is 14.3. The summed E-state index contributed by atoms with van der Waals surface area (Å²) < 4.78 is 16.5. The molecular weight excluding hydrogens is 316 g/mol. The summed E-state index contributed by atoms with van der Waals surface area (Å²) in [6.07, 6.45) is -6.56. The summed E-state index contributed by atoms with van der Waals surface area (Å²) in [5.41, 5.74) is 1.70. The molecule has 0 saturated carbocycles. The Kier molecular flexibility index (Phi) is 6.06. The van der Waals surface area contributed by atoms with E-state index in [1.165, 1.54) is 0 Å². The lowest BCUT2D eigenvalue weighted by atomic mass is 9.98. The first-order valence-corrected chi connectivity index (χ1v) is 7.95. The Bertz CT molecular complexity index is 558. The molecule has 1 saturated heterocycles. The molecule has 24 heavy (non-hydrogen) atoms. The molecule has 7 heteroatoms. The Morgan fingerprint density at radius 3 is 2.25 bits per heavy atom. The van der Waals surface area contributed by atoms with Crippen LogP contribution in [0, 0.1) is 6.92 Å². The molecule has 1 aliphatic heterocycles. The number of rotatable bonds is 5. The fourth-order valence-corrected chi connectivity index (χ4v) is 2.64. The highest BCUT2D eigenvalue weighted by Crippen LogP contribution is 2.34. The van der Waals surface area contributed by atoms with Gasteiger partial charge in [0.25, 0.3) is 0 Å². The maximum absolute atomic E-state index is 10.1. The smallest absolute Gasteiger partial charge is 0.229 e. The van der Waals surface area contributed by atoms with Crippen LogP contribution in [-0.2, 0) is 4.74 Å². The van der Waals surface area contributed by atoms with Crippen LogP contribution in [0.4, 0.5) is 0 Å². The zero-order chi connectivity index (χ0) is 18.0. The lowest BCUT2D eigenvalue weighted by Crippen LogP contribution is -2.60. The second-order valence-electron chi connectivity index (χ2n) is 6.32. The quantitative estimate of drug-likeness (QED) is 0.610. The molecule has 2 rings (SSSR count). The number of benzene rings is 1. The molecule has 0 aliphatic carbocycles. The van der Waals surface area contributed by atoms with Crippen molar-refractivity contribution in [2.75, 3.05) is 13.7 Å². The molecule has 7 nitrogen and oxygen atoms in total. The summed E-state index contributed by atoms with van der Waals surface area (Å²) in [6, 6.07) is 3.74. The summed E-state index contributed by atoms with van der Waals surface area (Å²) in [7, 11) is 1.56. The molecule has 1 aromatic carbocycles. The summed E-state index contributed by atoms with van der Waals surface area (Å²) >= 11 is 0. The number of methoxy groups -OCH3 is 1.